The van der Waals surface area contributed by atoms with Crippen molar-refractivity contribution in [3.05, 3.63) is 17.5 Å². The zero-order valence-electron chi connectivity index (χ0n) is 11.3. The summed E-state index contributed by atoms with van der Waals surface area (Å²) >= 11 is 5.79. The Morgan fingerprint density at radius 1 is 1.25 bits per heavy atom. The largest absolute Gasteiger partial charge is 0.309 e. The third-order valence-electron chi connectivity index (χ3n) is 4.35. The molecule has 1 aromatic heterocycles. The van der Waals surface area contributed by atoms with E-state index in [-0.39, 0.29) is 11.9 Å². The number of fused-ring (bicyclic) bond motifs is 1. The van der Waals surface area contributed by atoms with Crippen LogP contribution in [0.5, 0.6) is 0 Å². The second kappa shape index (κ2) is 6.06. The molecule has 6 heteroatoms. The molecule has 2 heterocycles. The summed E-state index contributed by atoms with van der Waals surface area (Å²) in [5.41, 5.74) is 0. The Kier molecular flexibility index (Phi) is 4.17. The highest BCUT2D eigenvalue weighted by Gasteiger charge is 2.34. The van der Waals surface area contributed by atoms with Gasteiger partial charge in [0.1, 0.15) is 17.3 Å². The Balaban J connectivity index is 1.60. The van der Waals surface area contributed by atoms with Gasteiger partial charge in [-0.3, -0.25) is 4.79 Å². The topological polar surface area (TPSA) is 66.9 Å². The fourth-order valence-corrected chi connectivity index (χ4v) is 3.46. The van der Waals surface area contributed by atoms with E-state index in [1.54, 1.807) is 6.07 Å². The van der Waals surface area contributed by atoms with Gasteiger partial charge in [0.25, 0.3) is 0 Å². The summed E-state index contributed by atoms with van der Waals surface area (Å²) in [5.74, 6) is 1.19. The van der Waals surface area contributed by atoms with E-state index in [1.165, 1.54) is 32.0 Å². The predicted molar refractivity (Wildman–Crippen MR) is 77.6 cm³/mol. The number of nitrogens with zero attached hydrogens (tertiary/aromatic N) is 2. The minimum Gasteiger partial charge on any atom is -0.309 e. The minimum absolute atomic E-state index is 0.0243. The summed E-state index contributed by atoms with van der Waals surface area (Å²) in [7, 11) is 0. The lowest BCUT2D eigenvalue weighted by molar-refractivity contribution is -0.119. The molecule has 0 radical (unpaired) electrons. The van der Waals surface area contributed by atoms with E-state index in [9.17, 15) is 4.79 Å². The number of aromatic nitrogens is 2. The standard InChI is InChI=1S/C14H19ClN4O/c15-12-7-13(17-8-16-12)19-14(20)11-6-5-9-3-1-2-4-10(9)18-11/h7-11,18H,1-6H2,(H,16,17,19,20). The van der Waals surface area contributed by atoms with Gasteiger partial charge in [-0.25, -0.2) is 9.97 Å². The van der Waals surface area contributed by atoms with E-state index in [4.69, 9.17) is 11.6 Å². The smallest absolute Gasteiger partial charge is 0.242 e. The van der Waals surface area contributed by atoms with Gasteiger partial charge in [-0.1, -0.05) is 24.4 Å². The SMILES string of the molecule is O=C(Nc1cc(Cl)ncn1)C1CCC2CCCCC2N1. The van der Waals surface area contributed by atoms with Crippen molar-refractivity contribution in [1.29, 1.82) is 0 Å². The number of anilines is 1. The van der Waals surface area contributed by atoms with E-state index in [1.807, 2.05) is 0 Å². The molecule has 2 fully saturated rings. The number of hydrogen-bond donors (Lipinski definition) is 2. The molecular formula is C14H19ClN4O. The van der Waals surface area contributed by atoms with Crippen LogP contribution in [0.25, 0.3) is 0 Å². The molecule has 0 spiro atoms. The van der Waals surface area contributed by atoms with E-state index in [2.05, 4.69) is 20.6 Å². The van der Waals surface area contributed by atoms with Crippen LogP contribution in [-0.4, -0.2) is 28.0 Å². The van der Waals surface area contributed by atoms with Crippen LogP contribution in [0.2, 0.25) is 5.15 Å². The number of rotatable bonds is 2. The van der Waals surface area contributed by atoms with Crippen molar-refractivity contribution in [2.45, 2.75) is 50.6 Å². The first kappa shape index (κ1) is 13.8. The quantitative estimate of drug-likeness (QED) is 0.822. The lowest BCUT2D eigenvalue weighted by Gasteiger charge is -2.39. The molecule has 1 saturated carbocycles. The Labute approximate surface area is 123 Å². The molecule has 1 amide bonds. The van der Waals surface area contributed by atoms with Gasteiger partial charge in [-0.15, -0.1) is 0 Å². The van der Waals surface area contributed by atoms with Gasteiger partial charge in [0, 0.05) is 12.1 Å². The second-order valence-electron chi connectivity index (χ2n) is 5.66. The summed E-state index contributed by atoms with van der Waals surface area (Å²) in [6.45, 7) is 0. The molecular weight excluding hydrogens is 276 g/mol. The van der Waals surface area contributed by atoms with Gasteiger partial charge in [0.05, 0.1) is 6.04 Å². The third kappa shape index (κ3) is 3.10. The molecule has 1 aliphatic carbocycles. The van der Waals surface area contributed by atoms with E-state index in [0.29, 0.717) is 17.0 Å². The molecule has 3 unspecified atom stereocenters. The first-order valence-electron chi connectivity index (χ1n) is 7.27. The van der Waals surface area contributed by atoms with Crippen LogP contribution in [0.3, 0.4) is 0 Å². The van der Waals surface area contributed by atoms with Crippen molar-refractivity contribution in [1.82, 2.24) is 15.3 Å². The zero-order chi connectivity index (χ0) is 13.9. The minimum atomic E-state index is -0.122. The van der Waals surface area contributed by atoms with Crippen LogP contribution in [-0.2, 0) is 4.79 Å². The second-order valence-corrected chi connectivity index (χ2v) is 6.05. The molecule has 0 bridgehead atoms. The summed E-state index contributed by atoms with van der Waals surface area (Å²) < 4.78 is 0. The molecule has 3 atom stereocenters. The molecule has 1 saturated heterocycles. The molecule has 2 aliphatic rings. The van der Waals surface area contributed by atoms with Crippen molar-refractivity contribution in [2.75, 3.05) is 5.32 Å². The molecule has 108 valence electrons. The molecule has 1 aromatic rings. The van der Waals surface area contributed by atoms with Crippen LogP contribution >= 0.6 is 11.6 Å². The van der Waals surface area contributed by atoms with E-state index >= 15 is 0 Å². The maximum atomic E-state index is 12.3. The third-order valence-corrected chi connectivity index (χ3v) is 4.56. The normalized spacial score (nSPS) is 29.6. The summed E-state index contributed by atoms with van der Waals surface area (Å²) in [6, 6.07) is 1.94. The van der Waals surface area contributed by atoms with Gasteiger partial charge in [0.2, 0.25) is 5.91 Å². The number of nitrogens with one attached hydrogen (secondary N) is 2. The summed E-state index contributed by atoms with van der Waals surface area (Å²) in [5, 5.41) is 6.65. The molecule has 20 heavy (non-hydrogen) atoms. The number of amides is 1. The van der Waals surface area contributed by atoms with Gasteiger partial charge < -0.3 is 10.6 Å². The van der Waals surface area contributed by atoms with Gasteiger partial charge >= 0.3 is 0 Å². The fraction of sp³-hybridized carbons (Fsp3) is 0.643. The van der Waals surface area contributed by atoms with Crippen LogP contribution in [0, 0.1) is 5.92 Å². The van der Waals surface area contributed by atoms with Crippen LogP contribution in [0.1, 0.15) is 38.5 Å². The van der Waals surface area contributed by atoms with Crippen molar-refractivity contribution in [3.8, 4) is 0 Å². The maximum absolute atomic E-state index is 12.3. The van der Waals surface area contributed by atoms with Crippen LogP contribution in [0.4, 0.5) is 5.82 Å². The Hall–Kier alpha value is -1.20. The predicted octanol–water partition coefficient (Wildman–Crippen LogP) is 2.38. The lowest BCUT2D eigenvalue weighted by atomic mass is 9.77. The lowest BCUT2D eigenvalue weighted by Crippen LogP contribution is -2.53. The fourth-order valence-electron chi connectivity index (χ4n) is 3.32. The Morgan fingerprint density at radius 3 is 2.95 bits per heavy atom. The van der Waals surface area contributed by atoms with Crippen molar-refractivity contribution in [3.63, 3.8) is 0 Å². The molecule has 5 nitrogen and oxygen atoms in total. The average molecular weight is 295 g/mol. The van der Waals surface area contributed by atoms with E-state index in [0.717, 1.165) is 18.8 Å². The van der Waals surface area contributed by atoms with Gasteiger partial charge in [-0.05, 0) is 31.6 Å². The van der Waals surface area contributed by atoms with Gasteiger partial charge in [0.15, 0.2) is 0 Å². The van der Waals surface area contributed by atoms with Crippen molar-refractivity contribution in [2.24, 2.45) is 5.92 Å². The van der Waals surface area contributed by atoms with Crippen molar-refractivity contribution >= 4 is 23.3 Å². The average Bonchev–Trinajstić information content (AvgIpc) is 2.47. The van der Waals surface area contributed by atoms with E-state index < -0.39 is 0 Å². The highest BCUT2D eigenvalue weighted by Crippen LogP contribution is 2.32. The number of halogens is 1. The maximum Gasteiger partial charge on any atom is 0.242 e. The van der Waals surface area contributed by atoms with Crippen molar-refractivity contribution < 1.29 is 4.79 Å². The molecule has 3 rings (SSSR count). The van der Waals surface area contributed by atoms with Crippen LogP contribution in [0.15, 0.2) is 12.4 Å². The summed E-state index contributed by atoms with van der Waals surface area (Å²) in [4.78, 5) is 20.1. The number of carbonyl (C=O) groups is 1. The zero-order valence-corrected chi connectivity index (χ0v) is 12.1. The first-order chi connectivity index (χ1) is 9.72. The first-order valence-corrected chi connectivity index (χ1v) is 7.64. The highest BCUT2D eigenvalue weighted by molar-refractivity contribution is 6.29. The highest BCUT2D eigenvalue weighted by atomic mass is 35.5. The summed E-state index contributed by atoms with van der Waals surface area (Å²) in [6.07, 6.45) is 8.47. The Morgan fingerprint density at radius 2 is 2.10 bits per heavy atom. The number of carbonyl (C=O) groups excluding carboxylic acids is 1. The van der Waals surface area contributed by atoms with Crippen LogP contribution < -0.4 is 10.6 Å². The Bertz CT molecular complexity index is 496. The number of piperidine rings is 1. The monoisotopic (exact) mass is 294 g/mol. The number of hydrogen-bond acceptors (Lipinski definition) is 4. The molecule has 1 aliphatic heterocycles. The van der Waals surface area contributed by atoms with Gasteiger partial charge in [-0.2, -0.15) is 0 Å². The molecule has 2 N–H and O–H groups in total. The molecule has 0 aromatic carbocycles.